The number of nitrogens with two attached hydrogens (primary N) is 1. The molecule has 94 valence electrons. The fraction of sp³-hybridized carbons (Fsp3) is 0.462. The number of hydrogen-bond acceptors (Lipinski definition) is 3. The van der Waals surface area contributed by atoms with Crippen LogP contribution >= 0.6 is 0 Å². The van der Waals surface area contributed by atoms with Gasteiger partial charge in [0.05, 0.1) is 6.04 Å². The second kappa shape index (κ2) is 5.19. The van der Waals surface area contributed by atoms with Gasteiger partial charge in [0.2, 0.25) is 5.91 Å². The second-order valence-electron chi connectivity index (χ2n) is 5.22. The molecular formula is C13H20N2O2. The van der Waals surface area contributed by atoms with Crippen LogP contribution in [0.25, 0.3) is 0 Å². The van der Waals surface area contributed by atoms with Crippen molar-refractivity contribution >= 4 is 5.91 Å². The van der Waals surface area contributed by atoms with Gasteiger partial charge in [0.1, 0.15) is 5.75 Å². The normalized spacial score (nSPS) is 13.2. The molecule has 4 N–H and O–H groups in total. The number of carbonyl (C=O) groups is 1. The van der Waals surface area contributed by atoms with E-state index in [1.54, 1.807) is 24.3 Å². The molecular weight excluding hydrogens is 216 g/mol. The van der Waals surface area contributed by atoms with Crippen molar-refractivity contribution in [2.45, 2.75) is 38.8 Å². The molecule has 0 heterocycles. The maximum absolute atomic E-state index is 11.7. The van der Waals surface area contributed by atoms with Crippen LogP contribution in [0.2, 0.25) is 0 Å². The van der Waals surface area contributed by atoms with Gasteiger partial charge in [0.15, 0.2) is 0 Å². The quantitative estimate of drug-likeness (QED) is 0.737. The summed E-state index contributed by atoms with van der Waals surface area (Å²) >= 11 is 0. The number of benzene rings is 1. The molecule has 4 nitrogen and oxygen atoms in total. The number of aromatic hydroxyl groups is 1. The molecule has 0 aliphatic carbocycles. The summed E-state index contributed by atoms with van der Waals surface area (Å²) in [7, 11) is 0. The Morgan fingerprint density at radius 3 is 2.35 bits per heavy atom. The molecule has 1 amide bonds. The molecule has 1 rings (SSSR count). The monoisotopic (exact) mass is 236 g/mol. The average Bonchev–Trinajstić information content (AvgIpc) is 2.19. The predicted molar refractivity (Wildman–Crippen MR) is 67.7 cm³/mol. The lowest BCUT2D eigenvalue weighted by molar-refractivity contribution is -0.123. The zero-order chi connectivity index (χ0) is 13.1. The highest BCUT2D eigenvalue weighted by molar-refractivity contribution is 5.82. The fourth-order valence-electron chi connectivity index (χ4n) is 1.44. The summed E-state index contributed by atoms with van der Waals surface area (Å²) in [6.07, 6.45) is 0.461. The maximum Gasteiger partial charge on any atom is 0.237 e. The van der Waals surface area contributed by atoms with Crippen molar-refractivity contribution in [3.63, 3.8) is 0 Å². The van der Waals surface area contributed by atoms with E-state index in [0.29, 0.717) is 6.42 Å². The molecule has 0 saturated heterocycles. The third-order valence-electron chi connectivity index (χ3n) is 2.23. The molecule has 0 bridgehead atoms. The minimum absolute atomic E-state index is 0.162. The van der Waals surface area contributed by atoms with Crippen molar-refractivity contribution in [2.75, 3.05) is 0 Å². The highest BCUT2D eigenvalue weighted by Gasteiger charge is 2.19. The van der Waals surface area contributed by atoms with Crippen LogP contribution in [0.15, 0.2) is 24.3 Å². The minimum atomic E-state index is -0.571. The molecule has 4 heteroatoms. The minimum Gasteiger partial charge on any atom is -0.508 e. The molecule has 1 aromatic carbocycles. The number of hydrogen-bond donors (Lipinski definition) is 3. The zero-order valence-electron chi connectivity index (χ0n) is 10.5. The van der Waals surface area contributed by atoms with Crippen molar-refractivity contribution in [3.8, 4) is 5.75 Å². The molecule has 17 heavy (non-hydrogen) atoms. The van der Waals surface area contributed by atoms with E-state index < -0.39 is 6.04 Å². The summed E-state index contributed by atoms with van der Waals surface area (Å²) in [5.74, 6) is 0.0482. The van der Waals surface area contributed by atoms with E-state index in [0.717, 1.165) is 5.56 Å². The Bertz CT molecular complexity index is 379. The molecule has 0 saturated carbocycles. The van der Waals surface area contributed by atoms with Crippen molar-refractivity contribution in [1.82, 2.24) is 5.32 Å². The Labute approximate surface area is 102 Å². The summed E-state index contributed by atoms with van der Waals surface area (Å²) in [6.45, 7) is 5.74. The van der Waals surface area contributed by atoms with Crippen LogP contribution in [0.4, 0.5) is 0 Å². The number of phenols is 1. The topological polar surface area (TPSA) is 75.4 Å². The lowest BCUT2D eigenvalue weighted by Crippen LogP contribution is -2.49. The highest BCUT2D eigenvalue weighted by atomic mass is 16.3. The Morgan fingerprint density at radius 1 is 1.35 bits per heavy atom. The summed E-state index contributed by atoms with van der Waals surface area (Å²) in [6, 6.07) is 6.13. The van der Waals surface area contributed by atoms with Crippen LogP contribution in [0.3, 0.4) is 0 Å². The molecule has 0 aliphatic heterocycles. The van der Waals surface area contributed by atoms with Gasteiger partial charge in [-0.3, -0.25) is 4.79 Å². The molecule has 0 spiro atoms. The number of phenolic OH excluding ortho intramolecular Hbond substituents is 1. The first-order valence-corrected chi connectivity index (χ1v) is 5.63. The van der Waals surface area contributed by atoms with E-state index in [1.807, 2.05) is 20.8 Å². The average molecular weight is 236 g/mol. The summed E-state index contributed by atoms with van der Waals surface area (Å²) in [5.41, 5.74) is 6.48. The molecule has 0 aromatic heterocycles. The number of rotatable bonds is 3. The number of nitrogens with one attached hydrogen (secondary N) is 1. The molecule has 0 radical (unpaired) electrons. The van der Waals surface area contributed by atoms with Crippen LogP contribution in [0.5, 0.6) is 5.75 Å². The first-order valence-electron chi connectivity index (χ1n) is 5.63. The van der Waals surface area contributed by atoms with Crippen molar-refractivity contribution in [1.29, 1.82) is 0 Å². The van der Waals surface area contributed by atoms with Gasteiger partial charge in [-0.2, -0.15) is 0 Å². The Hall–Kier alpha value is -1.55. The number of carbonyl (C=O) groups excluding carboxylic acids is 1. The van der Waals surface area contributed by atoms with Gasteiger partial charge in [-0.25, -0.2) is 0 Å². The second-order valence-corrected chi connectivity index (χ2v) is 5.22. The summed E-state index contributed by atoms with van der Waals surface area (Å²) in [5, 5.41) is 12.0. The molecule has 0 aliphatic rings. The highest BCUT2D eigenvalue weighted by Crippen LogP contribution is 2.11. The van der Waals surface area contributed by atoms with Gasteiger partial charge in [-0.05, 0) is 44.9 Å². The van der Waals surface area contributed by atoms with E-state index in [1.165, 1.54) is 0 Å². The predicted octanol–water partition coefficient (Wildman–Crippen LogP) is 1.18. The largest absolute Gasteiger partial charge is 0.508 e. The fourth-order valence-corrected chi connectivity index (χ4v) is 1.44. The summed E-state index contributed by atoms with van der Waals surface area (Å²) < 4.78 is 0. The third-order valence-corrected chi connectivity index (χ3v) is 2.23. The number of amides is 1. The van der Waals surface area contributed by atoms with Crippen molar-refractivity contribution < 1.29 is 9.90 Å². The molecule has 1 atom stereocenters. The van der Waals surface area contributed by atoms with Crippen molar-refractivity contribution in [2.24, 2.45) is 5.73 Å². The van der Waals surface area contributed by atoms with Crippen molar-refractivity contribution in [3.05, 3.63) is 29.8 Å². The molecule has 1 aromatic rings. The summed E-state index contributed by atoms with van der Waals surface area (Å²) in [4.78, 5) is 11.7. The standard InChI is InChI=1S/C13H20N2O2/c1-13(2,3)15-12(17)11(14)8-9-4-6-10(16)7-5-9/h4-7,11,16H,8,14H2,1-3H3,(H,15,17)/t11-/m1/s1. The maximum atomic E-state index is 11.7. The van der Waals surface area contributed by atoms with Gasteiger partial charge in [0.25, 0.3) is 0 Å². The van der Waals surface area contributed by atoms with Crippen LogP contribution in [-0.4, -0.2) is 22.6 Å². The Morgan fingerprint density at radius 2 is 1.88 bits per heavy atom. The van der Waals surface area contributed by atoms with Gasteiger partial charge >= 0.3 is 0 Å². The zero-order valence-corrected chi connectivity index (χ0v) is 10.5. The first kappa shape index (κ1) is 13.5. The van der Waals surface area contributed by atoms with Crippen LogP contribution < -0.4 is 11.1 Å². The smallest absolute Gasteiger partial charge is 0.237 e. The SMILES string of the molecule is CC(C)(C)NC(=O)[C@H](N)Cc1ccc(O)cc1. The van der Waals surface area contributed by atoms with Crippen LogP contribution in [0, 0.1) is 0 Å². The van der Waals surface area contributed by atoms with Gasteiger partial charge in [-0.15, -0.1) is 0 Å². The molecule has 0 fully saturated rings. The molecule has 0 unspecified atom stereocenters. The third kappa shape index (κ3) is 4.87. The van der Waals surface area contributed by atoms with E-state index >= 15 is 0 Å². The van der Waals surface area contributed by atoms with E-state index in [4.69, 9.17) is 10.8 Å². The van der Waals surface area contributed by atoms with E-state index in [-0.39, 0.29) is 17.2 Å². The van der Waals surface area contributed by atoms with Gasteiger partial charge in [0, 0.05) is 5.54 Å². The lowest BCUT2D eigenvalue weighted by atomic mass is 10.0. The lowest BCUT2D eigenvalue weighted by Gasteiger charge is -2.23. The first-order chi connectivity index (χ1) is 7.78. The Kier molecular flexibility index (Phi) is 4.12. The van der Waals surface area contributed by atoms with Gasteiger partial charge < -0.3 is 16.2 Å². The van der Waals surface area contributed by atoms with Gasteiger partial charge in [-0.1, -0.05) is 12.1 Å². The van der Waals surface area contributed by atoms with E-state index in [2.05, 4.69) is 5.32 Å². The van der Waals surface area contributed by atoms with Crippen LogP contribution in [0.1, 0.15) is 26.3 Å². The Balaban J connectivity index is 2.57. The van der Waals surface area contributed by atoms with E-state index in [9.17, 15) is 4.79 Å². The van der Waals surface area contributed by atoms with Crippen LogP contribution in [-0.2, 0) is 11.2 Å².